The average molecular weight is 569 g/mol. The van der Waals surface area contributed by atoms with Gasteiger partial charge in [-0.15, -0.1) is 0 Å². The summed E-state index contributed by atoms with van der Waals surface area (Å²) in [6.45, 7) is 26.3. The van der Waals surface area contributed by atoms with Crippen molar-refractivity contribution in [3.8, 4) is 0 Å². The van der Waals surface area contributed by atoms with E-state index in [0.29, 0.717) is 0 Å². The third-order valence-electron chi connectivity index (χ3n) is 5.17. The van der Waals surface area contributed by atoms with Gasteiger partial charge in [-0.1, -0.05) is 59.8 Å². The second-order valence-corrected chi connectivity index (χ2v) is 15.6. The molecule has 1 aliphatic heterocycles. The molecule has 0 aromatic carbocycles. The van der Waals surface area contributed by atoms with Crippen LogP contribution in [0.2, 0.25) is 0 Å². The molecule has 2 nitrogen and oxygen atoms in total. The first-order chi connectivity index (χ1) is 16.3. The Morgan fingerprint density at radius 3 is 1.26 bits per heavy atom. The first kappa shape index (κ1) is 33.9. The molecule has 0 spiro atoms. The van der Waals surface area contributed by atoms with E-state index in [-0.39, 0.29) is 21.7 Å². The maximum atomic E-state index is 9.87. The monoisotopic (exact) mass is 568 g/mol. The minimum atomic E-state index is -10.7. The summed E-state index contributed by atoms with van der Waals surface area (Å²) in [5.74, 6) is 4.01. The Kier molecular flexibility index (Phi) is 8.78. The van der Waals surface area contributed by atoms with Crippen LogP contribution in [-0.2, 0) is 15.6 Å². The zero-order chi connectivity index (χ0) is 30.2. The van der Waals surface area contributed by atoms with Crippen LogP contribution in [0.5, 0.6) is 0 Å². The Bertz CT molecular complexity index is 1070. The molecule has 0 fully saturated rings. The molecule has 1 aromatic heterocycles. The molecule has 0 unspecified atom stereocenters. The Morgan fingerprint density at radius 2 is 0.974 bits per heavy atom. The van der Waals surface area contributed by atoms with Gasteiger partial charge in [0.15, 0.2) is 0 Å². The van der Waals surface area contributed by atoms with Crippen molar-refractivity contribution in [2.45, 2.75) is 93.9 Å². The van der Waals surface area contributed by atoms with E-state index in [1.165, 1.54) is 0 Å². The van der Waals surface area contributed by atoms with Gasteiger partial charge in [0.05, 0.1) is 10.8 Å². The average Bonchev–Trinajstić information content (AvgIpc) is 2.62. The fraction of sp³-hybridized carbons (Fsp3) is 0.552. The Labute approximate surface area is 223 Å². The number of hydrogen-bond acceptors (Lipinski definition) is 1. The van der Waals surface area contributed by atoms with Gasteiger partial charge in [0, 0.05) is 23.0 Å². The summed E-state index contributed by atoms with van der Waals surface area (Å²) in [6.07, 6.45) is 10.8. The fourth-order valence-electron chi connectivity index (χ4n) is 2.98. The van der Waals surface area contributed by atoms with Crippen LogP contribution in [0.4, 0.5) is 25.2 Å². The van der Waals surface area contributed by atoms with Crippen LogP contribution in [0.1, 0.15) is 100 Å². The molecule has 2 rings (SSSR count). The van der Waals surface area contributed by atoms with Crippen LogP contribution in [0.15, 0.2) is 57.9 Å². The van der Waals surface area contributed by atoms with Crippen LogP contribution in [0, 0.1) is 10.8 Å². The first-order valence-electron chi connectivity index (χ1n) is 12.4. The molecule has 9 heteroatoms. The van der Waals surface area contributed by atoms with E-state index in [1.54, 1.807) is 0 Å². The third-order valence-corrected chi connectivity index (χ3v) is 5.17. The Balaban J connectivity index is 0.000000905. The molecular weight excluding hydrogens is 525 g/mol. The van der Waals surface area contributed by atoms with Gasteiger partial charge in [0.25, 0.3) is 0 Å². The molecule has 1 aromatic rings. The van der Waals surface area contributed by atoms with E-state index in [2.05, 4.69) is 126 Å². The van der Waals surface area contributed by atoms with Gasteiger partial charge in [0.1, 0.15) is 11.5 Å². The zero-order valence-electron chi connectivity index (χ0n) is 24.6. The van der Waals surface area contributed by atoms with Crippen molar-refractivity contribution in [2.75, 3.05) is 0 Å². The predicted molar refractivity (Wildman–Crippen MR) is 147 cm³/mol. The SMILES string of the molecule is CC(C)(C)C1=CC(=CC=Cc2cc(C(C)(C)C)[o+]c(C(C)(C)C)c2)C=C(C(C)(C)C)O1.F[P-](F)(F)(F)(F)F. The molecule has 0 radical (unpaired) electrons. The van der Waals surface area contributed by atoms with E-state index >= 15 is 0 Å². The van der Waals surface area contributed by atoms with Crippen molar-refractivity contribution in [3.05, 3.63) is 70.6 Å². The molecular formula is C29H43F6O2P. The third kappa shape index (κ3) is 13.6. The molecule has 0 saturated heterocycles. The number of rotatable bonds is 2. The molecule has 0 atom stereocenters. The molecule has 0 aliphatic carbocycles. The van der Waals surface area contributed by atoms with Crippen LogP contribution in [-0.4, -0.2) is 0 Å². The second-order valence-electron chi connectivity index (χ2n) is 13.7. The molecule has 218 valence electrons. The number of halogens is 6. The number of allylic oxidation sites excluding steroid dienone is 7. The predicted octanol–water partition coefficient (Wildman–Crippen LogP) is 12.4. The summed E-state index contributed by atoms with van der Waals surface area (Å²) in [4.78, 5) is 0. The van der Waals surface area contributed by atoms with Crippen LogP contribution < -0.4 is 0 Å². The van der Waals surface area contributed by atoms with Crippen LogP contribution in [0.3, 0.4) is 0 Å². The summed E-state index contributed by atoms with van der Waals surface area (Å²) in [5.41, 5.74) is 2.14. The van der Waals surface area contributed by atoms with Crippen LogP contribution in [0.25, 0.3) is 6.08 Å². The Hall–Kier alpha value is -2.08. The topological polar surface area (TPSA) is 20.5 Å². The van der Waals surface area contributed by atoms with E-state index < -0.39 is 7.81 Å². The molecule has 1 aliphatic rings. The van der Waals surface area contributed by atoms with Gasteiger partial charge >= 0.3 is 44.5 Å². The maximum absolute atomic E-state index is 10.7. The van der Waals surface area contributed by atoms with Gasteiger partial charge in [-0.3, -0.25) is 0 Å². The van der Waals surface area contributed by atoms with Gasteiger partial charge in [-0.2, -0.15) is 0 Å². The minimum absolute atomic E-state index is 0.0439. The Morgan fingerprint density at radius 1 is 0.632 bits per heavy atom. The van der Waals surface area contributed by atoms with Crippen molar-refractivity contribution < 1.29 is 34.3 Å². The number of ether oxygens (including phenoxy) is 1. The van der Waals surface area contributed by atoms with Gasteiger partial charge < -0.3 is 4.74 Å². The summed E-state index contributed by atoms with van der Waals surface area (Å²) in [6, 6.07) is 4.31. The summed E-state index contributed by atoms with van der Waals surface area (Å²) < 4.78 is 71.7. The second kappa shape index (κ2) is 9.83. The van der Waals surface area contributed by atoms with E-state index in [0.717, 1.165) is 34.2 Å². The molecule has 0 N–H and O–H groups in total. The standard InChI is InChI=1S/C29H43O2.F6P/c1-26(2,3)22-16-20(17-23(30-22)27(4,5)6)14-13-15-21-18-24(28(7,8)9)31-25(19-21)29(10,11)12;1-7(2,3,4,5)6/h13-19H,1-12H3;/q+1;-1. The summed E-state index contributed by atoms with van der Waals surface area (Å²) >= 11 is 0. The van der Waals surface area contributed by atoms with Gasteiger partial charge in [-0.05, 0) is 64.8 Å². The molecule has 2 heterocycles. The van der Waals surface area contributed by atoms with Crippen molar-refractivity contribution in [1.82, 2.24) is 0 Å². The van der Waals surface area contributed by atoms with Gasteiger partial charge in [-0.25, -0.2) is 4.42 Å². The van der Waals surface area contributed by atoms with E-state index in [4.69, 9.17) is 9.15 Å². The van der Waals surface area contributed by atoms with E-state index in [1.807, 2.05) is 0 Å². The van der Waals surface area contributed by atoms with E-state index in [9.17, 15) is 25.2 Å². The summed E-state index contributed by atoms with van der Waals surface area (Å²) in [5, 5.41) is 0. The molecule has 0 amide bonds. The fourth-order valence-corrected chi connectivity index (χ4v) is 2.98. The van der Waals surface area contributed by atoms with Crippen molar-refractivity contribution in [1.29, 1.82) is 0 Å². The molecule has 0 bridgehead atoms. The first-order valence-corrected chi connectivity index (χ1v) is 14.4. The number of hydrogen-bond donors (Lipinski definition) is 0. The quantitative estimate of drug-likeness (QED) is 0.201. The van der Waals surface area contributed by atoms with Crippen LogP contribution >= 0.6 is 7.81 Å². The van der Waals surface area contributed by atoms with Crippen molar-refractivity contribution in [2.24, 2.45) is 10.8 Å². The normalized spacial score (nSPS) is 17.5. The zero-order valence-corrected chi connectivity index (χ0v) is 25.5. The molecule has 0 saturated carbocycles. The summed E-state index contributed by atoms with van der Waals surface area (Å²) in [7, 11) is -10.7. The van der Waals surface area contributed by atoms with Gasteiger partial charge in [0.2, 0.25) is 0 Å². The van der Waals surface area contributed by atoms with Crippen molar-refractivity contribution >= 4 is 13.9 Å². The van der Waals surface area contributed by atoms with Crippen molar-refractivity contribution in [3.63, 3.8) is 0 Å². The molecule has 38 heavy (non-hydrogen) atoms.